The molecule has 0 bridgehead atoms. The van der Waals surface area contributed by atoms with Crippen LogP contribution in [-0.2, 0) is 28.9 Å². The van der Waals surface area contributed by atoms with Crippen molar-refractivity contribution in [3.05, 3.63) is 70.8 Å². The van der Waals surface area contributed by atoms with Crippen molar-refractivity contribution in [2.24, 2.45) is 5.41 Å². The number of carbonyl (C=O) groups is 3. The molecule has 4 rings (SSSR count). The predicted octanol–water partition coefficient (Wildman–Crippen LogP) is 4.10. The molecule has 2 unspecified atom stereocenters. The van der Waals surface area contributed by atoms with Crippen molar-refractivity contribution in [2.75, 3.05) is 13.1 Å². The zero-order chi connectivity index (χ0) is 28.0. The number of piperazine rings is 1. The number of likely N-dealkylation sites (tertiary alicyclic amines) is 1. The lowest BCUT2D eigenvalue weighted by Gasteiger charge is -2.65. The Labute approximate surface area is 217 Å². The summed E-state index contributed by atoms with van der Waals surface area (Å²) in [5, 5.41) is 18.9. The molecule has 2 aliphatic rings. The molecule has 2 saturated heterocycles. The Morgan fingerprint density at radius 2 is 1.58 bits per heavy atom. The summed E-state index contributed by atoms with van der Waals surface area (Å²) in [6, 6.07) is 12.1. The Bertz CT molecular complexity index is 1300. The fourth-order valence-corrected chi connectivity index (χ4v) is 5.54. The van der Waals surface area contributed by atoms with Gasteiger partial charge in [-0.2, -0.15) is 18.4 Å². The molecule has 2 fully saturated rings. The lowest BCUT2D eigenvalue weighted by atomic mass is 9.64. The highest BCUT2D eigenvalue weighted by atomic mass is 19.4. The van der Waals surface area contributed by atoms with Gasteiger partial charge in [-0.05, 0) is 40.8 Å². The molecule has 0 aliphatic carbocycles. The summed E-state index contributed by atoms with van der Waals surface area (Å²) in [7, 11) is 0. The van der Waals surface area contributed by atoms with Crippen LogP contribution in [-0.4, -0.2) is 62.4 Å². The zero-order valence-electron chi connectivity index (χ0n) is 21.1. The maximum atomic E-state index is 14.1. The smallest absolute Gasteiger partial charge is 0.416 e. The molecule has 2 aliphatic heterocycles. The molecule has 11 heteroatoms. The van der Waals surface area contributed by atoms with E-state index in [2.05, 4.69) is 0 Å². The molecule has 8 nitrogen and oxygen atoms in total. The molecule has 1 spiro atoms. The molecular weight excluding hydrogens is 501 g/mol. The normalized spacial score (nSPS) is 21.9. The predicted molar refractivity (Wildman–Crippen MR) is 129 cm³/mol. The summed E-state index contributed by atoms with van der Waals surface area (Å²) in [4.78, 5) is 43.6. The minimum Gasteiger partial charge on any atom is -0.465 e. The van der Waals surface area contributed by atoms with E-state index in [0.717, 1.165) is 17.0 Å². The summed E-state index contributed by atoms with van der Waals surface area (Å²) >= 11 is 0. The van der Waals surface area contributed by atoms with Gasteiger partial charge in [-0.15, -0.1) is 0 Å². The van der Waals surface area contributed by atoms with Gasteiger partial charge in [0.25, 0.3) is 5.91 Å². The topological polar surface area (TPSA) is 105 Å². The molecule has 2 atom stereocenters. The number of carbonyl (C=O) groups excluding carboxylic acids is 2. The standard InChI is InChI=1S/C27H27F3N4O4/c1-25(2,3)22-26(16-33(22)24(37)38)23(36)32(13-18-6-4-17(12-31)5-7-18)15-21(35)34(26)14-19-8-10-20(11-9-19)27(28,29)30/h4-11,22H,13-16H2,1-3H3,(H,37,38). The van der Waals surface area contributed by atoms with E-state index in [1.54, 1.807) is 45.0 Å². The van der Waals surface area contributed by atoms with Crippen molar-refractivity contribution in [1.29, 1.82) is 5.26 Å². The molecule has 200 valence electrons. The molecule has 2 aromatic rings. The molecule has 2 aromatic carbocycles. The number of carboxylic acid groups (broad SMARTS) is 1. The van der Waals surface area contributed by atoms with Crippen molar-refractivity contribution in [3.63, 3.8) is 0 Å². The zero-order valence-corrected chi connectivity index (χ0v) is 21.1. The van der Waals surface area contributed by atoms with Crippen LogP contribution < -0.4 is 0 Å². The van der Waals surface area contributed by atoms with Crippen molar-refractivity contribution in [3.8, 4) is 6.07 Å². The number of rotatable bonds is 4. The molecule has 0 radical (unpaired) electrons. The highest BCUT2D eigenvalue weighted by molar-refractivity contribution is 6.01. The molecule has 2 heterocycles. The van der Waals surface area contributed by atoms with Crippen molar-refractivity contribution >= 4 is 17.9 Å². The summed E-state index contributed by atoms with van der Waals surface area (Å²) < 4.78 is 39.2. The van der Waals surface area contributed by atoms with Gasteiger partial charge in [0, 0.05) is 13.1 Å². The van der Waals surface area contributed by atoms with Crippen LogP contribution in [0.1, 0.15) is 43.0 Å². The van der Waals surface area contributed by atoms with Crippen LogP contribution >= 0.6 is 0 Å². The summed E-state index contributed by atoms with van der Waals surface area (Å²) in [6.07, 6.45) is -5.75. The second kappa shape index (κ2) is 9.35. The van der Waals surface area contributed by atoms with Crippen LogP contribution in [0.4, 0.5) is 18.0 Å². The highest BCUT2D eigenvalue weighted by Crippen LogP contribution is 2.48. The van der Waals surface area contributed by atoms with E-state index in [0.29, 0.717) is 16.7 Å². The summed E-state index contributed by atoms with van der Waals surface area (Å²) in [5.74, 6) is -0.858. The Balaban J connectivity index is 1.72. The lowest BCUT2D eigenvalue weighted by Crippen LogP contribution is -2.87. The fraction of sp³-hybridized carbons (Fsp3) is 0.407. The Morgan fingerprint density at radius 3 is 2.08 bits per heavy atom. The number of nitrogens with zero attached hydrogens (tertiary/aromatic N) is 4. The van der Waals surface area contributed by atoms with E-state index in [1.165, 1.54) is 21.9 Å². The van der Waals surface area contributed by atoms with E-state index in [4.69, 9.17) is 5.26 Å². The highest BCUT2D eigenvalue weighted by Gasteiger charge is 2.69. The van der Waals surface area contributed by atoms with Crippen LogP contribution in [0.25, 0.3) is 0 Å². The van der Waals surface area contributed by atoms with Crippen LogP contribution in [0.3, 0.4) is 0 Å². The third-order valence-electron chi connectivity index (χ3n) is 7.09. The van der Waals surface area contributed by atoms with Gasteiger partial charge >= 0.3 is 12.3 Å². The monoisotopic (exact) mass is 528 g/mol. The molecule has 0 saturated carbocycles. The largest absolute Gasteiger partial charge is 0.465 e. The minimum absolute atomic E-state index is 0.0795. The number of nitriles is 1. The fourth-order valence-electron chi connectivity index (χ4n) is 5.54. The maximum Gasteiger partial charge on any atom is 0.416 e. The Morgan fingerprint density at radius 1 is 1.03 bits per heavy atom. The number of benzene rings is 2. The minimum atomic E-state index is -4.52. The van der Waals surface area contributed by atoms with Gasteiger partial charge in [0.15, 0.2) is 5.54 Å². The number of hydrogen-bond donors (Lipinski definition) is 1. The van der Waals surface area contributed by atoms with Gasteiger partial charge in [0.05, 0.1) is 29.8 Å². The van der Waals surface area contributed by atoms with Crippen LogP contribution in [0.15, 0.2) is 48.5 Å². The van der Waals surface area contributed by atoms with Gasteiger partial charge in [0.1, 0.15) is 6.54 Å². The molecule has 1 N–H and O–H groups in total. The van der Waals surface area contributed by atoms with Gasteiger partial charge in [-0.25, -0.2) is 4.79 Å². The van der Waals surface area contributed by atoms with Crippen molar-refractivity contribution < 1.29 is 32.7 Å². The van der Waals surface area contributed by atoms with Crippen molar-refractivity contribution in [2.45, 2.75) is 51.6 Å². The second-order valence-electron chi connectivity index (χ2n) is 10.7. The first kappa shape index (κ1) is 27.0. The second-order valence-corrected chi connectivity index (χ2v) is 10.7. The Kier molecular flexibility index (Phi) is 6.64. The third-order valence-corrected chi connectivity index (χ3v) is 7.09. The molecule has 3 amide bonds. The lowest BCUT2D eigenvalue weighted by molar-refractivity contribution is -0.197. The van der Waals surface area contributed by atoms with Gasteiger partial charge in [0.2, 0.25) is 5.91 Å². The van der Waals surface area contributed by atoms with Gasteiger partial charge in [-0.3, -0.25) is 14.5 Å². The third kappa shape index (κ3) is 4.66. The number of hydrogen-bond acceptors (Lipinski definition) is 4. The van der Waals surface area contributed by atoms with E-state index in [9.17, 15) is 32.7 Å². The van der Waals surface area contributed by atoms with E-state index < -0.39 is 46.6 Å². The first-order valence-corrected chi connectivity index (χ1v) is 11.9. The molecule has 38 heavy (non-hydrogen) atoms. The number of amides is 3. The first-order valence-electron chi connectivity index (χ1n) is 11.9. The molecular formula is C27H27F3N4O4. The summed E-state index contributed by atoms with van der Waals surface area (Å²) in [6.45, 7) is 4.75. The van der Waals surface area contributed by atoms with E-state index >= 15 is 0 Å². The quantitative estimate of drug-likeness (QED) is 0.644. The Hall–Kier alpha value is -4.07. The van der Waals surface area contributed by atoms with Gasteiger partial charge in [-0.1, -0.05) is 45.0 Å². The SMILES string of the molecule is CC(C)(C)C1N(C(=O)O)CC12C(=O)N(Cc1ccc(C#N)cc1)CC(=O)N2Cc1ccc(C(F)(F)F)cc1. The molecule has 0 aromatic heterocycles. The average Bonchev–Trinajstić information content (AvgIpc) is 2.80. The van der Waals surface area contributed by atoms with Crippen LogP contribution in [0.5, 0.6) is 0 Å². The van der Waals surface area contributed by atoms with Gasteiger partial charge < -0.3 is 14.9 Å². The van der Waals surface area contributed by atoms with Crippen LogP contribution in [0, 0.1) is 16.7 Å². The van der Waals surface area contributed by atoms with Crippen LogP contribution in [0.2, 0.25) is 0 Å². The maximum absolute atomic E-state index is 14.1. The number of alkyl halides is 3. The summed E-state index contributed by atoms with van der Waals surface area (Å²) in [5.41, 5.74) is -1.58. The van der Waals surface area contributed by atoms with E-state index in [-0.39, 0.29) is 26.2 Å². The van der Waals surface area contributed by atoms with Crippen molar-refractivity contribution in [1.82, 2.24) is 14.7 Å². The number of halogens is 3. The average molecular weight is 529 g/mol. The first-order chi connectivity index (χ1) is 17.7. The van der Waals surface area contributed by atoms with E-state index in [1.807, 2.05) is 6.07 Å².